The van der Waals surface area contributed by atoms with Gasteiger partial charge in [-0.15, -0.1) is 5.10 Å². The van der Waals surface area contributed by atoms with E-state index in [1.54, 1.807) is 24.3 Å². The topological polar surface area (TPSA) is 114 Å². The minimum Gasteiger partial charge on any atom is -0.348 e. The second kappa shape index (κ2) is 7.58. The van der Waals surface area contributed by atoms with E-state index in [4.69, 9.17) is 0 Å². The molecule has 1 aromatic carbocycles. The predicted molar refractivity (Wildman–Crippen MR) is 117 cm³/mol. The van der Waals surface area contributed by atoms with Crippen molar-refractivity contribution in [2.75, 3.05) is 23.3 Å². The Balaban J connectivity index is 1.41. The molecule has 0 spiro atoms. The largest absolute Gasteiger partial charge is 0.352 e. The van der Waals surface area contributed by atoms with Crippen molar-refractivity contribution in [3.05, 3.63) is 46.6 Å². The van der Waals surface area contributed by atoms with Gasteiger partial charge in [-0.25, -0.2) is 18.9 Å². The number of thiazole rings is 1. The molecule has 0 unspecified atom stereocenters. The van der Waals surface area contributed by atoms with Crippen molar-refractivity contribution < 1.29 is 9.59 Å². The van der Waals surface area contributed by atoms with Gasteiger partial charge in [-0.3, -0.25) is 9.59 Å². The Bertz CT molecular complexity index is 1360. The van der Waals surface area contributed by atoms with Gasteiger partial charge < -0.3 is 10.2 Å². The predicted octanol–water partition coefficient (Wildman–Crippen LogP) is 1.94. The molecule has 0 aliphatic carbocycles. The molecule has 3 aromatic heterocycles. The van der Waals surface area contributed by atoms with Crippen LogP contribution in [-0.2, 0) is 11.3 Å². The van der Waals surface area contributed by atoms with Crippen LogP contribution in [0.25, 0.3) is 16.0 Å². The smallest absolute Gasteiger partial charge is 0.348 e. The molecule has 5 rings (SSSR count). The van der Waals surface area contributed by atoms with Crippen molar-refractivity contribution >= 4 is 49.8 Å². The summed E-state index contributed by atoms with van der Waals surface area (Å²) in [5, 5.41) is 7.96. The molecule has 0 atom stereocenters. The third-order valence-corrected chi connectivity index (χ3v) is 6.31. The molecule has 158 valence electrons. The number of hydrogen-bond donors (Lipinski definition) is 1. The third kappa shape index (κ3) is 3.56. The lowest BCUT2D eigenvalue weighted by molar-refractivity contribution is -0.117. The van der Waals surface area contributed by atoms with Gasteiger partial charge in [0.2, 0.25) is 5.91 Å². The lowest BCUT2D eigenvalue weighted by Gasteiger charge is -2.11. The lowest BCUT2D eigenvalue weighted by atomic mass is 10.1. The van der Waals surface area contributed by atoms with Crippen molar-refractivity contribution in [3.8, 4) is 0 Å². The number of benzene rings is 1. The summed E-state index contributed by atoms with van der Waals surface area (Å²) in [6.07, 6.45) is 3.67. The minimum atomic E-state index is -0.442. The quantitative estimate of drug-likeness (QED) is 0.475. The maximum atomic E-state index is 12.7. The molecule has 0 saturated carbocycles. The number of carbonyl (C=O) groups is 2. The van der Waals surface area contributed by atoms with Gasteiger partial charge in [0.15, 0.2) is 22.2 Å². The van der Waals surface area contributed by atoms with Crippen LogP contribution in [0, 0.1) is 0 Å². The fourth-order valence-electron chi connectivity index (χ4n) is 3.60. The Kier molecular flexibility index (Phi) is 4.74. The first-order chi connectivity index (χ1) is 15.0. The van der Waals surface area contributed by atoms with Crippen LogP contribution in [0.15, 0.2) is 35.4 Å². The lowest BCUT2D eigenvalue weighted by Crippen LogP contribution is -2.28. The maximum Gasteiger partial charge on any atom is 0.352 e. The van der Waals surface area contributed by atoms with E-state index in [1.807, 2.05) is 0 Å². The van der Waals surface area contributed by atoms with Crippen LogP contribution in [0.2, 0.25) is 0 Å². The van der Waals surface area contributed by atoms with E-state index >= 15 is 0 Å². The number of hydrogen-bond acceptors (Lipinski definition) is 8. The Hall–Kier alpha value is -3.60. The summed E-state index contributed by atoms with van der Waals surface area (Å²) in [6, 6.07) is 6.57. The van der Waals surface area contributed by atoms with Gasteiger partial charge in [0, 0.05) is 24.3 Å². The molecular formula is C20H19N7O3S. The first kappa shape index (κ1) is 19.4. The number of ketones is 1. The Morgan fingerprint density at radius 1 is 1.16 bits per heavy atom. The molecular weight excluding hydrogens is 418 g/mol. The Labute approximate surface area is 180 Å². The zero-order valence-corrected chi connectivity index (χ0v) is 17.6. The minimum absolute atomic E-state index is 0.0509. The molecule has 1 N–H and O–H groups in total. The fraction of sp³-hybridized carbons (Fsp3) is 0.300. The number of amides is 1. The SMILES string of the molecule is CC(=O)c1ccc(NC(=O)Cn2nc3c4sc(N5CCCC5)nc4ncn3c2=O)cc1. The maximum absolute atomic E-state index is 12.7. The fourth-order valence-corrected chi connectivity index (χ4v) is 4.64. The second-order valence-electron chi connectivity index (χ2n) is 7.40. The molecule has 10 nitrogen and oxygen atoms in total. The first-order valence-corrected chi connectivity index (χ1v) is 10.7. The van der Waals surface area contributed by atoms with Gasteiger partial charge in [-0.1, -0.05) is 11.3 Å². The average molecular weight is 437 g/mol. The highest BCUT2D eigenvalue weighted by atomic mass is 32.1. The number of nitrogens with one attached hydrogen (secondary N) is 1. The van der Waals surface area contributed by atoms with Crippen molar-refractivity contribution in [1.82, 2.24) is 24.1 Å². The van der Waals surface area contributed by atoms with E-state index in [-0.39, 0.29) is 12.3 Å². The summed E-state index contributed by atoms with van der Waals surface area (Å²) in [5.41, 5.74) is 1.64. The van der Waals surface area contributed by atoms with E-state index in [1.165, 1.54) is 29.0 Å². The van der Waals surface area contributed by atoms with Gasteiger partial charge in [0.05, 0.1) is 0 Å². The first-order valence-electron chi connectivity index (χ1n) is 9.90. The number of carbonyl (C=O) groups excluding carboxylic acids is 2. The molecule has 1 fully saturated rings. The molecule has 0 bridgehead atoms. The van der Waals surface area contributed by atoms with Gasteiger partial charge in [-0.05, 0) is 44.0 Å². The average Bonchev–Trinajstić information content (AvgIpc) is 3.48. The third-order valence-electron chi connectivity index (χ3n) is 5.21. The van der Waals surface area contributed by atoms with Gasteiger partial charge in [0.25, 0.3) is 0 Å². The number of nitrogens with zero attached hydrogens (tertiary/aromatic N) is 6. The Morgan fingerprint density at radius 3 is 2.61 bits per heavy atom. The number of Topliss-reactive ketones (excluding diaryl/α,β-unsaturated/α-hetero) is 1. The molecule has 31 heavy (non-hydrogen) atoms. The zero-order chi connectivity index (χ0) is 21.5. The summed E-state index contributed by atoms with van der Waals surface area (Å²) in [6.45, 7) is 3.16. The van der Waals surface area contributed by atoms with E-state index in [2.05, 4.69) is 25.3 Å². The molecule has 11 heteroatoms. The monoisotopic (exact) mass is 437 g/mol. The van der Waals surface area contributed by atoms with Crippen LogP contribution < -0.4 is 15.9 Å². The van der Waals surface area contributed by atoms with Gasteiger partial charge in [0.1, 0.15) is 17.6 Å². The zero-order valence-electron chi connectivity index (χ0n) is 16.7. The highest BCUT2D eigenvalue weighted by Crippen LogP contribution is 2.31. The summed E-state index contributed by atoms with van der Waals surface area (Å²) in [7, 11) is 0. The van der Waals surface area contributed by atoms with Crippen LogP contribution in [0.5, 0.6) is 0 Å². The molecule has 1 amide bonds. The normalized spacial score (nSPS) is 13.9. The van der Waals surface area contributed by atoms with Crippen molar-refractivity contribution in [3.63, 3.8) is 0 Å². The summed E-state index contributed by atoms with van der Waals surface area (Å²) < 4.78 is 3.18. The van der Waals surface area contributed by atoms with Crippen LogP contribution in [0.1, 0.15) is 30.1 Å². The standard InChI is InChI=1S/C20H19N7O3S/c1-12(28)13-4-6-14(7-5-13)22-15(29)10-27-20(30)26-11-21-17-16(18(26)24-27)31-19(23-17)25-8-2-3-9-25/h4-7,11H,2-3,8-10H2,1H3,(H,22,29). The van der Waals surface area contributed by atoms with Crippen molar-refractivity contribution in [2.45, 2.75) is 26.3 Å². The molecule has 1 aliphatic heterocycles. The Morgan fingerprint density at radius 2 is 1.90 bits per heavy atom. The second-order valence-corrected chi connectivity index (χ2v) is 8.38. The van der Waals surface area contributed by atoms with Crippen molar-refractivity contribution in [2.24, 2.45) is 0 Å². The molecule has 4 heterocycles. The van der Waals surface area contributed by atoms with Crippen LogP contribution in [0.4, 0.5) is 10.8 Å². The summed E-state index contributed by atoms with van der Waals surface area (Å²) in [4.78, 5) is 47.6. The number of anilines is 2. The van der Waals surface area contributed by atoms with Crippen LogP contribution in [0.3, 0.4) is 0 Å². The van der Waals surface area contributed by atoms with Crippen LogP contribution in [-0.4, -0.2) is 48.9 Å². The number of fused-ring (bicyclic) bond motifs is 3. The van der Waals surface area contributed by atoms with Crippen LogP contribution >= 0.6 is 11.3 Å². The van der Waals surface area contributed by atoms with E-state index in [0.717, 1.165) is 40.4 Å². The molecule has 4 aromatic rings. The van der Waals surface area contributed by atoms with E-state index in [9.17, 15) is 14.4 Å². The number of aromatic nitrogens is 5. The molecule has 0 radical (unpaired) electrons. The van der Waals surface area contributed by atoms with Gasteiger partial charge in [-0.2, -0.15) is 4.98 Å². The highest BCUT2D eigenvalue weighted by molar-refractivity contribution is 7.22. The van der Waals surface area contributed by atoms with E-state index in [0.29, 0.717) is 22.5 Å². The molecule has 1 saturated heterocycles. The number of rotatable bonds is 5. The highest BCUT2D eigenvalue weighted by Gasteiger charge is 2.20. The van der Waals surface area contributed by atoms with Crippen molar-refractivity contribution in [1.29, 1.82) is 0 Å². The summed E-state index contributed by atoms with van der Waals surface area (Å²) >= 11 is 1.46. The van der Waals surface area contributed by atoms with E-state index < -0.39 is 11.6 Å². The molecule has 1 aliphatic rings. The summed E-state index contributed by atoms with van der Waals surface area (Å²) in [5.74, 6) is -0.447. The van der Waals surface area contributed by atoms with Gasteiger partial charge >= 0.3 is 5.69 Å².